The van der Waals surface area contributed by atoms with Crippen LogP contribution in [0.15, 0.2) is 11.6 Å². The van der Waals surface area contributed by atoms with Gasteiger partial charge in [-0.3, -0.25) is 19.2 Å². The predicted molar refractivity (Wildman–Crippen MR) is 142 cm³/mol. The molecule has 4 aliphatic carbocycles. The molecule has 1 amide bonds. The second kappa shape index (κ2) is 10.6. The van der Waals surface area contributed by atoms with Crippen LogP contribution in [-0.4, -0.2) is 36.1 Å². The molecule has 0 aromatic rings. The lowest BCUT2D eigenvalue weighted by Gasteiger charge is -2.58. The molecule has 0 aliphatic heterocycles. The van der Waals surface area contributed by atoms with Gasteiger partial charge in [0.2, 0.25) is 5.91 Å². The van der Waals surface area contributed by atoms with Crippen molar-refractivity contribution in [2.24, 2.45) is 46.3 Å². The average molecular weight is 514 g/mol. The van der Waals surface area contributed by atoms with Gasteiger partial charge in [-0.15, -0.1) is 0 Å². The molecule has 6 nitrogen and oxygen atoms in total. The molecule has 4 aliphatic rings. The Hall–Kier alpha value is -1.98. The molecule has 37 heavy (non-hydrogen) atoms. The highest BCUT2D eigenvalue weighted by Gasteiger charge is 2.62. The van der Waals surface area contributed by atoms with Crippen LogP contribution in [0.1, 0.15) is 99.3 Å². The lowest BCUT2D eigenvalue weighted by Crippen LogP contribution is -2.51. The topological polar surface area (TPSA) is 89.5 Å². The van der Waals surface area contributed by atoms with Crippen LogP contribution in [0.2, 0.25) is 0 Å². The molecule has 6 heteroatoms. The SMILES string of the molecule is CC(=O)NC[C@@H](C)CCC(=O)[C@@H](C)[C@@H]1C(=O)C[C@@H]2[C@H]3CC=C4C[C@@H](OC(C)=O)CC[C@]4(C)[C@@H]3CC[C@@]21C. The van der Waals surface area contributed by atoms with Gasteiger partial charge in [0, 0.05) is 51.5 Å². The monoisotopic (exact) mass is 513 g/mol. The first-order chi connectivity index (χ1) is 17.4. The quantitative estimate of drug-likeness (QED) is 0.345. The molecule has 1 N–H and O–H groups in total. The summed E-state index contributed by atoms with van der Waals surface area (Å²) in [6.45, 7) is 12.3. The summed E-state index contributed by atoms with van der Waals surface area (Å²) < 4.78 is 5.57. The third-order valence-corrected chi connectivity index (χ3v) is 10.9. The van der Waals surface area contributed by atoms with E-state index in [9.17, 15) is 19.2 Å². The van der Waals surface area contributed by atoms with Crippen LogP contribution in [0.5, 0.6) is 0 Å². The summed E-state index contributed by atoms with van der Waals surface area (Å²) in [6.07, 6.45) is 10.1. The molecule has 0 bridgehead atoms. The Morgan fingerprint density at radius 3 is 2.49 bits per heavy atom. The molecule has 0 aromatic carbocycles. The van der Waals surface area contributed by atoms with Gasteiger partial charge in [-0.05, 0) is 73.0 Å². The van der Waals surface area contributed by atoms with Crippen LogP contribution >= 0.6 is 0 Å². The summed E-state index contributed by atoms with van der Waals surface area (Å²) in [6, 6.07) is 0. The average Bonchev–Trinajstić information content (AvgIpc) is 3.10. The van der Waals surface area contributed by atoms with Crippen molar-refractivity contribution < 1.29 is 23.9 Å². The number of esters is 1. The van der Waals surface area contributed by atoms with Gasteiger partial charge in [0.15, 0.2) is 0 Å². The minimum absolute atomic E-state index is 0.00695. The van der Waals surface area contributed by atoms with Gasteiger partial charge in [0.1, 0.15) is 17.7 Å². The van der Waals surface area contributed by atoms with Crippen LogP contribution < -0.4 is 5.32 Å². The maximum Gasteiger partial charge on any atom is 0.302 e. The predicted octanol–water partition coefficient (Wildman–Crippen LogP) is 5.43. The van der Waals surface area contributed by atoms with Gasteiger partial charge in [-0.25, -0.2) is 0 Å². The number of rotatable bonds is 8. The van der Waals surface area contributed by atoms with Gasteiger partial charge in [0.05, 0.1) is 0 Å². The maximum atomic E-state index is 13.5. The van der Waals surface area contributed by atoms with E-state index < -0.39 is 0 Å². The molecular weight excluding hydrogens is 466 g/mol. The molecule has 0 aromatic heterocycles. The standard InChI is InChI=1S/C31H47NO5/c1-18(17-32-20(3)33)7-10-27(35)19(2)29-28(36)16-26-24-9-8-22-15-23(37-21(4)34)11-13-30(22,5)25(24)12-14-31(26,29)6/h8,18-19,23-26,29H,7,9-17H2,1-6H3,(H,32,33)/t18-,19+,23-,24-,25+,26+,29+,30-,31-/m0/s1. The van der Waals surface area contributed by atoms with Gasteiger partial charge in [-0.1, -0.05) is 39.3 Å². The fourth-order valence-electron chi connectivity index (χ4n) is 8.86. The van der Waals surface area contributed by atoms with Gasteiger partial charge >= 0.3 is 5.97 Å². The number of carbonyl (C=O) groups is 4. The van der Waals surface area contributed by atoms with Crippen LogP contribution in [0.25, 0.3) is 0 Å². The molecule has 4 rings (SSSR count). The van der Waals surface area contributed by atoms with Gasteiger partial charge < -0.3 is 10.1 Å². The number of hydrogen-bond acceptors (Lipinski definition) is 5. The van der Waals surface area contributed by atoms with Crippen molar-refractivity contribution >= 4 is 23.4 Å². The summed E-state index contributed by atoms with van der Waals surface area (Å²) in [5.74, 6) is 1.40. The maximum absolute atomic E-state index is 13.5. The van der Waals surface area contributed by atoms with Gasteiger partial charge in [-0.2, -0.15) is 0 Å². The molecule has 0 radical (unpaired) electrons. The molecule has 0 heterocycles. The summed E-state index contributed by atoms with van der Waals surface area (Å²) >= 11 is 0. The molecule has 0 saturated heterocycles. The Morgan fingerprint density at radius 1 is 1.08 bits per heavy atom. The number of amides is 1. The summed E-state index contributed by atoms with van der Waals surface area (Å²) in [5, 5.41) is 2.83. The zero-order valence-electron chi connectivity index (χ0n) is 23.7. The summed E-state index contributed by atoms with van der Waals surface area (Å²) in [7, 11) is 0. The summed E-state index contributed by atoms with van der Waals surface area (Å²) in [4.78, 5) is 49.5. The minimum Gasteiger partial charge on any atom is -0.462 e. The van der Waals surface area contributed by atoms with E-state index >= 15 is 0 Å². The Morgan fingerprint density at radius 2 is 1.81 bits per heavy atom. The highest BCUT2D eigenvalue weighted by Crippen LogP contribution is 2.66. The molecular formula is C31H47NO5. The van der Waals surface area contributed by atoms with Crippen LogP contribution in [0.4, 0.5) is 0 Å². The van der Waals surface area contributed by atoms with Crippen molar-refractivity contribution in [3.05, 3.63) is 11.6 Å². The lowest BCUT2D eigenvalue weighted by molar-refractivity contribution is -0.148. The van der Waals surface area contributed by atoms with Crippen molar-refractivity contribution in [1.29, 1.82) is 0 Å². The summed E-state index contributed by atoms with van der Waals surface area (Å²) in [5.41, 5.74) is 1.45. The number of ether oxygens (including phenoxy) is 1. The van der Waals surface area contributed by atoms with E-state index in [4.69, 9.17) is 4.74 Å². The number of hydrogen-bond donors (Lipinski definition) is 1. The van der Waals surface area contributed by atoms with E-state index in [2.05, 4.69) is 32.2 Å². The minimum atomic E-state index is -0.253. The number of fused-ring (bicyclic) bond motifs is 5. The second-order valence-corrected chi connectivity index (χ2v) is 13.3. The molecule has 3 fully saturated rings. The zero-order valence-corrected chi connectivity index (χ0v) is 23.7. The Labute approximate surface area is 222 Å². The Balaban J connectivity index is 1.45. The van der Waals surface area contributed by atoms with Crippen molar-refractivity contribution in [2.45, 2.75) is 105 Å². The Kier molecular flexibility index (Phi) is 8.07. The van der Waals surface area contributed by atoms with E-state index in [1.54, 1.807) is 0 Å². The molecule has 3 saturated carbocycles. The number of carbonyl (C=O) groups excluding carboxylic acids is 4. The van der Waals surface area contributed by atoms with Crippen molar-refractivity contribution in [3.63, 3.8) is 0 Å². The largest absolute Gasteiger partial charge is 0.462 e. The van der Waals surface area contributed by atoms with Gasteiger partial charge in [0.25, 0.3) is 0 Å². The number of Topliss-reactive ketones (excluding diaryl/α,β-unsaturated/α-hetero) is 2. The third kappa shape index (κ3) is 5.31. The normalized spacial score (nSPS) is 38.4. The fourth-order valence-corrected chi connectivity index (χ4v) is 8.86. The van der Waals surface area contributed by atoms with Crippen LogP contribution in [0, 0.1) is 46.3 Å². The highest BCUT2D eigenvalue weighted by atomic mass is 16.5. The van der Waals surface area contributed by atoms with E-state index in [-0.39, 0.29) is 52.3 Å². The number of allylic oxidation sites excluding steroid dienone is 1. The smallest absolute Gasteiger partial charge is 0.302 e. The first kappa shape index (κ1) is 28.0. The molecule has 0 spiro atoms. The van der Waals surface area contributed by atoms with E-state index in [1.807, 2.05) is 6.92 Å². The number of nitrogens with one attached hydrogen (secondary N) is 1. The van der Waals surface area contributed by atoms with E-state index in [0.717, 1.165) is 44.9 Å². The molecule has 0 unspecified atom stereocenters. The fraction of sp³-hybridized carbons (Fsp3) is 0.806. The first-order valence-electron chi connectivity index (χ1n) is 14.5. The van der Waals surface area contributed by atoms with Crippen molar-refractivity contribution in [3.8, 4) is 0 Å². The van der Waals surface area contributed by atoms with Crippen molar-refractivity contribution in [2.75, 3.05) is 6.54 Å². The van der Waals surface area contributed by atoms with E-state index in [1.165, 1.54) is 19.4 Å². The van der Waals surface area contributed by atoms with Crippen LogP contribution in [0.3, 0.4) is 0 Å². The highest BCUT2D eigenvalue weighted by molar-refractivity contribution is 5.92. The van der Waals surface area contributed by atoms with Crippen molar-refractivity contribution in [1.82, 2.24) is 5.32 Å². The number of ketones is 2. The first-order valence-corrected chi connectivity index (χ1v) is 14.5. The zero-order chi connectivity index (χ0) is 27.1. The third-order valence-electron chi connectivity index (χ3n) is 10.9. The molecule has 206 valence electrons. The molecule has 9 atom stereocenters. The van der Waals surface area contributed by atoms with Crippen LogP contribution in [-0.2, 0) is 23.9 Å². The Bertz CT molecular complexity index is 971. The second-order valence-electron chi connectivity index (χ2n) is 13.3. The van der Waals surface area contributed by atoms with E-state index in [0.29, 0.717) is 42.9 Å². The lowest BCUT2D eigenvalue weighted by atomic mass is 9.47.